The van der Waals surface area contributed by atoms with E-state index in [1.807, 2.05) is 17.4 Å². The standard InChI is InChI=1S/C17H24N2OS/c1-3-15(18)16(17-12(2)8-10-21-17)19(13-6-7-13)11-14-5-4-9-20-14/h4-5,8-10,13,15-16H,3,6-7,11,18H2,1-2H3. The van der Waals surface area contributed by atoms with Gasteiger partial charge >= 0.3 is 0 Å². The third-order valence-electron chi connectivity index (χ3n) is 4.34. The van der Waals surface area contributed by atoms with Crippen LogP contribution < -0.4 is 5.73 Å². The maximum Gasteiger partial charge on any atom is 0.117 e. The largest absolute Gasteiger partial charge is 0.468 e. The molecular formula is C17H24N2OS. The fourth-order valence-corrected chi connectivity index (χ4v) is 4.07. The second-order valence-electron chi connectivity index (χ2n) is 5.97. The number of nitrogens with two attached hydrogens (primary N) is 1. The van der Waals surface area contributed by atoms with Crippen molar-refractivity contribution in [3.63, 3.8) is 0 Å². The minimum Gasteiger partial charge on any atom is -0.468 e. The van der Waals surface area contributed by atoms with Gasteiger partial charge in [0.25, 0.3) is 0 Å². The summed E-state index contributed by atoms with van der Waals surface area (Å²) in [4.78, 5) is 3.98. The predicted octanol–water partition coefficient (Wildman–Crippen LogP) is 4.09. The van der Waals surface area contributed by atoms with Gasteiger partial charge in [0.2, 0.25) is 0 Å². The van der Waals surface area contributed by atoms with Crippen LogP contribution in [0, 0.1) is 6.92 Å². The van der Waals surface area contributed by atoms with Crippen molar-refractivity contribution < 1.29 is 4.42 Å². The van der Waals surface area contributed by atoms with Crippen LogP contribution >= 0.6 is 11.3 Å². The van der Waals surface area contributed by atoms with Crippen LogP contribution in [0.4, 0.5) is 0 Å². The quantitative estimate of drug-likeness (QED) is 0.837. The van der Waals surface area contributed by atoms with Gasteiger partial charge < -0.3 is 10.2 Å². The smallest absolute Gasteiger partial charge is 0.117 e. The molecule has 4 heteroatoms. The van der Waals surface area contributed by atoms with Crippen LogP contribution in [0.5, 0.6) is 0 Å². The van der Waals surface area contributed by atoms with Crippen LogP contribution in [0.1, 0.15) is 48.4 Å². The second kappa shape index (κ2) is 6.34. The normalized spacial score (nSPS) is 18.1. The van der Waals surface area contributed by atoms with Gasteiger partial charge in [-0.25, -0.2) is 0 Å². The van der Waals surface area contributed by atoms with Gasteiger partial charge in [0.1, 0.15) is 5.76 Å². The molecule has 1 fully saturated rings. The van der Waals surface area contributed by atoms with Crippen molar-refractivity contribution in [2.75, 3.05) is 0 Å². The lowest BCUT2D eigenvalue weighted by atomic mass is 10.00. The molecule has 114 valence electrons. The van der Waals surface area contributed by atoms with E-state index >= 15 is 0 Å². The molecule has 2 N–H and O–H groups in total. The first-order valence-electron chi connectivity index (χ1n) is 7.78. The van der Waals surface area contributed by atoms with Crippen molar-refractivity contribution in [2.45, 2.75) is 57.8 Å². The zero-order valence-electron chi connectivity index (χ0n) is 12.8. The maximum absolute atomic E-state index is 6.51. The minimum atomic E-state index is 0.165. The number of rotatable bonds is 7. The van der Waals surface area contributed by atoms with Gasteiger partial charge in [-0.3, -0.25) is 4.90 Å². The Labute approximate surface area is 130 Å². The van der Waals surface area contributed by atoms with E-state index in [0.717, 1.165) is 18.7 Å². The summed E-state index contributed by atoms with van der Waals surface area (Å²) in [5, 5.41) is 2.18. The molecule has 0 aliphatic heterocycles. The predicted molar refractivity (Wildman–Crippen MR) is 87.3 cm³/mol. The molecule has 2 aromatic heterocycles. The number of nitrogens with zero attached hydrogens (tertiary/aromatic N) is 1. The van der Waals surface area contributed by atoms with Crippen LogP contribution in [0.15, 0.2) is 34.3 Å². The Hall–Kier alpha value is -1.10. The molecule has 0 aromatic carbocycles. The number of thiophene rings is 1. The highest BCUT2D eigenvalue weighted by molar-refractivity contribution is 7.10. The number of hydrogen-bond donors (Lipinski definition) is 1. The topological polar surface area (TPSA) is 42.4 Å². The van der Waals surface area contributed by atoms with E-state index in [1.54, 1.807) is 6.26 Å². The summed E-state index contributed by atoms with van der Waals surface area (Å²) in [5.41, 5.74) is 7.87. The van der Waals surface area contributed by atoms with Crippen molar-refractivity contribution in [3.8, 4) is 0 Å². The van der Waals surface area contributed by atoms with E-state index in [-0.39, 0.29) is 6.04 Å². The highest BCUT2D eigenvalue weighted by Crippen LogP contribution is 2.40. The van der Waals surface area contributed by atoms with E-state index in [9.17, 15) is 0 Å². The first-order chi connectivity index (χ1) is 10.2. The van der Waals surface area contributed by atoms with Crippen molar-refractivity contribution in [3.05, 3.63) is 46.0 Å². The van der Waals surface area contributed by atoms with Crippen LogP contribution in [0.3, 0.4) is 0 Å². The second-order valence-corrected chi connectivity index (χ2v) is 6.92. The van der Waals surface area contributed by atoms with Crippen LogP contribution in [0.25, 0.3) is 0 Å². The molecule has 2 aromatic rings. The summed E-state index contributed by atoms with van der Waals surface area (Å²) < 4.78 is 5.57. The third kappa shape index (κ3) is 3.23. The van der Waals surface area contributed by atoms with Crippen LogP contribution in [-0.4, -0.2) is 17.0 Å². The molecule has 0 bridgehead atoms. The molecule has 1 saturated carbocycles. The Kier molecular flexibility index (Phi) is 4.48. The summed E-state index contributed by atoms with van der Waals surface area (Å²) >= 11 is 1.84. The van der Waals surface area contributed by atoms with Gasteiger partial charge in [0, 0.05) is 17.0 Å². The van der Waals surface area contributed by atoms with E-state index in [2.05, 4.69) is 36.3 Å². The molecule has 3 rings (SSSR count). The van der Waals surface area contributed by atoms with Crippen LogP contribution in [-0.2, 0) is 6.54 Å². The monoisotopic (exact) mass is 304 g/mol. The van der Waals surface area contributed by atoms with E-state index in [1.165, 1.54) is 23.3 Å². The Morgan fingerprint density at radius 2 is 2.24 bits per heavy atom. The maximum atomic E-state index is 6.51. The molecule has 2 atom stereocenters. The molecule has 3 nitrogen and oxygen atoms in total. The lowest BCUT2D eigenvalue weighted by Crippen LogP contribution is -2.41. The molecule has 2 heterocycles. The number of hydrogen-bond acceptors (Lipinski definition) is 4. The molecule has 2 unspecified atom stereocenters. The minimum absolute atomic E-state index is 0.165. The Morgan fingerprint density at radius 3 is 2.76 bits per heavy atom. The van der Waals surface area contributed by atoms with Gasteiger partial charge in [-0.1, -0.05) is 6.92 Å². The molecule has 1 aliphatic rings. The summed E-state index contributed by atoms with van der Waals surface area (Å²) in [5.74, 6) is 1.03. The SMILES string of the molecule is CCC(N)C(c1sccc1C)N(Cc1ccco1)C1CC1. The molecular weight excluding hydrogens is 280 g/mol. The Bertz CT molecular complexity index is 559. The fraction of sp³-hybridized carbons (Fsp3) is 0.529. The van der Waals surface area contributed by atoms with Crippen molar-refractivity contribution in [2.24, 2.45) is 5.73 Å². The zero-order chi connectivity index (χ0) is 14.8. The zero-order valence-corrected chi connectivity index (χ0v) is 13.6. The molecule has 21 heavy (non-hydrogen) atoms. The highest BCUT2D eigenvalue weighted by atomic mass is 32.1. The molecule has 1 aliphatic carbocycles. The van der Waals surface area contributed by atoms with Crippen LogP contribution in [0.2, 0.25) is 0 Å². The number of furan rings is 1. The Balaban J connectivity index is 1.90. The molecule has 0 radical (unpaired) electrons. The average molecular weight is 304 g/mol. The van der Waals surface area contributed by atoms with E-state index < -0.39 is 0 Å². The molecule has 0 amide bonds. The summed E-state index contributed by atoms with van der Waals surface area (Å²) in [6.07, 6.45) is 5.30. The highest BCUT2D eigenvalue weighted by Gasteiger charge is 2.38. The van der Waals surface area contributed by atoms with Gasteiger partial charge in [-0.05, 0) is 55.3 Å². The van der Waals surface area contributed by atoms with Gasteiger partial charge in [-0.2, -0.15) is 0 Å². The number of aryl methyl sites for hydroxylation is 1. The van der Waals surface area contributed by atoms with Gasteiger partial charge in [0.05, 0.1) is 18.8 Å². The summed E-state index contributed by atoms with van der Waals surface area (Å²) in [6.45, 7) is 5.23. The van der Waals surface area contributed by atoms with E-state index in [0.29, 0.717) is 12.1 Å². The fourth-order valence-electron chi connectivity index (χ4n) is 2.94. The lowest BCUT2D eigenvalue weighted by molar-refractivity contribution is 0.141. The van der Waals surface area contributed by atoms with Gasteiger partial charge in [-0.15, -0.1) is 11.3 Å². The molecule has 0 spiro atoms. The van der Waals surface area contributed by atoms with Gasteiger partial charge in [0.15, 0.2) is 0 Å². The van der Waals surface area contributed by atoms with Crippen molar-refractivity contribution >= 4 is 11.3 Å². The summed E-state index contributed by atoms with van der Waals surface area (Å²) in [7, 11) is 0. The van der Waals surface area contributed by atoms with Crippen molar-refractivity contribution in [1.29, 1.82) is 0 Å². The Morgan fingerprint density at radius 1 is 1.43 bits per heavy atom. The average Bonchev–Trinajstić information content (AvgIpc) is 3.05. The van der Waals surface area contributed by atoms with E-state index in [4.69, 9.17) is 10.2 Å². The lowest BCUT2D eigenvalue weighted by Gasteiger charge is -2.35. The molecule has 0 saturated heterocycles. The first-order valence-corrected chi connectivity index (χ1v) is 8.66. The van der Waals surface area contributed by atoms with Crippen molar-refractivity contribution in [1.82, 2.24) is 4.90 Å². The third-order valence-corrected chi connectivity index (χ3v) is 5.43. The first kappa shape index (κ1) is 14.8. The summed E-state index contributed by atoms with van der Waals surface area (Å²) in [6, 6.07) is 7.34.